The van der Waals surface area contributed by atoms with Crippen LogP contribution in [0.15, 0.2) is 72.8 Å². The molecule has 1 amide bonds. The maximum Gasteiger partial charge on any atom is 0.407 e. The summed E-state index contributed by atoms with van der Waals surface area (Å²) in [5.41, 5.74) is 11.2. The zero-order valence-electron chi connectivity index (χ0n) is 23.4. The third-order valence-corrected chi connectivity index (χ3v) is 6.57. The average Bonchev–Trinajstić information content (AvgIpc) is 3.32. The number of rotatable bonds is 19. The second-order valence-corrected chi connectivity index (χ2v) is 9.47. The van der Waals surface area contributed by atoms with Crippen LogP contribution >= 0.6 is 0 Å². The molecule has 0 atom stereocenters. The van der Waals surface area contributed by atoms with Gasteiger partial charge in [-0.05, 0) is 52.9 Å². The normalized spacial score (nSPS) is 12.1. The highest BCUT2D eigenvalue weighted by Gasteiger charge is 2.28. The Bertz CT molecular complexity index is 1140. The Kier molecular flexibility index (Phi) is 12.8. The van der Waals surface area contributed by atoms with Gasteiger partial charge >= 0.3 is 6.09 Å². The molecule has 0 fully saturated rings. The summed E-state index contributed by atoms with van der Waals surface area (Å²) in [6.07, 6.45) is 0.283. The summed E-state index contributed by atoms with van der Waals surface area (Å²) in [5, 5.41) is 2.80. The molecule has 1 aliphatic carbocycles. The number of nitrogens with two attached hydrogens (primary N) is 1. The van der Waals surface area contributed by atoms with Crippen molar-refractivity contribution in [3.63, 3.8) is 0 Å². The van der Waals surface area contributed by atoms with Crippen LogP contribution < -0.4 is 15.8 Å². The van der Waals surface area contributed by atoms with Gasteiger partial charge in [0.05, 0.1) is 46.2 Å². The summed E-state index contributed by atoms with van der Waals surface area (Å²) in [6, 6.07) is 23.8. The van der Waals surface area contributed by atoms with Crippen molar-refractivity contribution in [3.8, 4) is 16.9 Å². The number of benzene rings is 3. The smallest absolute Gasteiger partial charge is 0.407 e. The van der Waals surface area contributed by atoms with E-state index < -0.39 is 6.09 Å². The van der Waals surface area contributed by atoms with Gasteiger partial charge in [-0.15, -0.1) is 0 Å². The number of amides is 1. The largest absolute Gasteiger partial charge is 0.491 e. The molecule has 1 aliphatic rings. The van der Waals surface area contributed by atoms with Crippen LogP contribution in [0.3, 0.4) is 0 Å². The Balaban J connectivity index is 0.914. The van der Waals surface area contributed by atoms with Gasteiger partial charge in [0.15, 0.2) is 0 Å². The third-order valence-electron chi connectivity index (χ3n) is 6.57. The lowest BCUT2D eigenvalue weighted by Crippen LogP contribution is -2.27. The Labute approximate surface area is 241 Å². The minimum absolute atomic E-state index is 0.0572. The number of ether oxygens (including phenoxy) is 6. The highest BCUT2D eigenvalue weighted by molar-refractivity contribution is 5.79. The van der Waals surface area contributed by atoms with Gasteiger partial charge in [0.25, 0.3) is 0 Å². The Morgan fingerprint density at radius 3 is 1.76 bits per heavy atom. The standard InChI is InChI=1S/C32H40N2O7/c33-25-10-12-26(13-11-25)40-23-22-39-21-20-38-19-18-37-17-16-36-15-5-14-34-32(35)41-24-31-29-8-3-1-6-27(29)28-7-2-4-9-30(28)31/h1-4,6-13,31H,5,14-24,33H2,(H,34,35). The van der Waals surface area contributed by atoms with Gasteiger partial charge in [0, 0.05) is 24.8 Å². The molecule has 0 unspecified atom stereocenters. The van der Waals surface area contributed by atoms with Crippen molar-refractivity contribution in [1.82, 2.24) is 5.32 Å². The second kappa shape index (κ2) is 17.2. The van der Waals surface area contributed by atoms with E-state index in [-0.39, 0.29) is 5.92 Å². The Morgan fingerprint density at radius 1 is 0.659 bits per heavy atom. The summed E-state index contributed by atoms with van der Waals surface area (Å²) in [6.45, 7) is 5.25. The van der Waals surface area contributed by atoms with Crippen molar-refractivity contribution in [2.24, 2.45) is 0 Å². The van der Waals surface area contributed by atoms with Crippen LogP contribution in [0.5, 0.6) is 5.75 Å². The van der Waals surface area contributed by atoms with Crippen LogP contribution in [0.1, 0.15) is 23.5 Å². The molecule has 4 rings (SSSR count). The van der Waals surface area contributed by atoms with Gasteiger partial charge in [-0.2, -0.15) is 0 Å². The highest BCUT2D eigenvalue weighted by atomic mass is 16.6. The van der Waals surface area contributed by atoms with Gasteiger partial charge in [-0.25, -0.2) is 4.79 Å². The minimum atomic E-state index is -0.410. The van der Waals surface area contributed by atoms with Crippen molar-refractivity contribution >= 4 is 11.8 Å². The number of nitrogen functional groups attached to an aromatic ring is 1. The van der Waals surface area contributed by atoms with E-state index in [0.717, 1.165) is 5.75 Å². The number of carbonyl (C=O) groups is 1. The van der Waals surface area contributed by atoms with E-state index in [0.29, 0.717) is 84.7 Å². The zero-order valence-corrected chi connectivity index (χ0v) is 23.4. The topological polar surface area (TPSA) is 111 Å². The molecule has 0 spiro atoms. The molecular weight excluding hydrogens is 524 g/mol. The number of hydrogen-bond acceptors (Lipinski definition) is 8. The van der Waals surface area contributed by atoms with Crippen molar-refractivity contribution in [3.05, 3.63) is 83.9 Å². The van der Waals surface area contributed by atoms with Crippen molar-refractivity contribution < 1.29 is 33.2 Å². The predicted molar refractivity (Wildman–Crippen MR) is 157 cm³/mol. The summed E-state index contributed by atoms with van der Waals surface area (Å²) in [7, 11) is 0. The lowest BCUT2D eigenvalue weighted by Gasteiger charge is -2.14. The Morgan fingerprint density at radius 2 is 1.17 bits per heavy atom. The SMILES string of the molecule is Nc1ccc(OCCOCCOCCOCCOCCCNC(=O)OCC2c3ccccc3-c3ccccc32)cc1. The van der Waals surface area contributed by atoms with E-state index in [1.807, 2.05) is 36.4 Å². The molecule has 0 saturated carbocycles. The molecule has 9 nitrogen and oxygen atoms in total. The summed E-state index contributed by atoms with van der Waals surface area (Å²) in [4.78, 5) is 12.2. The van der Waals surface area contributed by atoms with E-state index >= 15 is 0 Å². The molecule has 0 aromatic heterocycles. The van der Waals surface area contributed by atoms with E-state index in [2.05, 4.69) is 29.6 Å². The first-order chi connectivity index (χ1) is 20.2. The average molecular weight is 565 g/mol. The molecule has 3 aromatic rings. The molecule has 0 bridgehead atoms. The van der Waals surface area contributed by atoms with Crippen molar-refractivity contribution in [1.29, 1.82) is 0 Å². The van der Waals surface area contributed by atoms with Crippen LogP contribution in [-0.2, 0) is 23.7 Å². The molecule has 0 aliphatic heterocycles. The van der Waals surface area contributed by atoms with Gasteiger partial charge in [0.2, 0.25) is 0 Å². The molecule has 3 N–H and O–H groups in total. The lowest BCUT2D eigenvalue weighted by molar-refractivity contribution is -0.00472. The Hall–Kier alpha value is -3.63. The minimum Gasteiger partial charge on any atom is -0.491 e. The number of anilines is 1. The van der Waals surface area contributed by atoms with Crippen LogP contribution in [0.25, 0.3) is 11.1 Å². The first-order valence-corrected chi connectivity index (χ1v) is 14.1. The van der Waals surface area contributed by atoms with E-state index in [1.165, 1.54) is 22.3 Å². The molecular formula is C32H40N2O7. The van der Waals surface area contributed by atoms with E-state index in [9.17, 15) is 4.79 Å². The van der Waals surface area contributed by atoms with Gasteiger partial charge in [-0.3, -0.25) is 0 Å². The van der Waals surface area contributed by atoms with Crippen molar-refractivity contribution in [2.45, 2.75) is 12.3 Å². The van der Waals surface area contributed by atoms with Crippen LogP contribution in [-0.4, -0.2) is 78.7 Å². The number of carbonyl (C=O) groups excluding carboxylic acids is 1. The highest BCUT2D eigenvalue weighted by Crippen LogP contribution is 2.44. The number of nitrogens with one attached hydrogen (secondary N) is 1. The number of alkyl carbamates (subject to hydrolysis) is 1. The molecule has 0 radical (unpaired) electrons. The van der Waals surface area contributed by atoms with E-state index in [1.54, 1.807) is 12.1 Å². The molecule has 220 valence electrons. The van der Waals surface area contributed by atoms with Crippen LogP contribution in [0.2, 0.25) is 0 Å². The second-order valence-electron chi connectivity index (χ2n) is 9.47. The first-order valence-electron chi connectivity index (χ1n) is 14.1. The lowest BCUT2D eigenvalue weighted by atomic mass is 9.98. The fourth-order valence-corrected chi connectivity index (χ4v) is 4.56. The van der Waals surface area contributed by atoms with E-state index in [4.69, 9.17) is 34.2 Å². The summed E-state index contributed by atoms with van der Waals surface area (Å²) in [5.74, 6) is 0.826. The molecule has 3 aromatic carbocycles. The molecule has 0 heterocycles. The molecule has 0 saturated heterocycles. The van der Waals surface area contributed by atoms with Crippen LogP contribution in [0.4, 0.5) is 10.5 Å². The predicted octanol–water partition coefficient (Wildman–Crippen LogP) is 4.64. The fourth-order valence-electron chi connectivity index (χ4n) is 4.56. The number of fused-ring (bicyclic) bond motifs is 3. The summed E-state index contributed by atoms with van der Waals surface area (Å²) < 4.78 is 33.1. The maximum atomic E-state index is 12.2. The quantitative estimate of drug-likeness (QED) is 0.160. The number of hydrogen-bond donors (Lipinski definition) is 2. The molecule has 41 heavy (non-hydrogen) atoms. The van der Waals surface area contributed by atoms with Crippen LogP contribution in [0, 0.1) is 0 Å². The fraction of sp³-hybridized carbons (Fsp3) is 0.406. The first kappa shape index (κ1) is 30.3. The third kappa shape index (κ3) is 10.1. The van der Waals surface area contributed by atoms with Gasteiger partial charge in [0.1, 0.15) is 19.0 Å². The van der Waals surface area contributed by atoms with Crippen molar-refractivity contribution in [2.75, 3.05) is 78.3 Å². The zero-order chi connectivity index (χ0) is 28.5. The van der Waals surface area contributed by atoms with Gasteiger partial charge in [-0.1, -0.05) is 48.5 Å². The molecule has 9 heteroatoms. The van der Waals surface area contributed by atoms with Gasteiger partial charge < -0.3 is 39.5 Å². The maximum absolute atomic E-state index is 12.2. The monoisotopic (exact) mass is 564 g/mol. The summed E-state index contributed by atoms with van der Waals surface area (Å²) >= 11 is 0.